The molecule has 2 aromatic carbocycles. The summed E-state index contributed by atoms with van der Waals surface area (Å²) in [4.78, 5) is 83.0. The number of ether oxygens (including phenoxy) is 2. The van der Waals surface area contributed by atoms with Gasteiger partial charge in [-0.15, -0.1) is 22.7 Å². The molecule has 20 nitrogen and oxygen atoms in total. The number of aliphatic imine (C=N–C) groups is 1. The number of carbonyl (C=O) groups excluding carboxylic acids is 6. The number of nitrogens with two attached hydrogens (primary N) is 1. The summed E-state index contributed by atoms with van der Waals surface area (Å²) >= 11 is 9.17. The van der Waals surface area contributed by atoms with Gasteiger partial charge in [0.1, 0.15) is 0 Å². The molecule has 0 unspecified atom stereocenters. The molecular weight excluding hydrogens is 1110 g/mol. The Kier molecular flexibility index (Phi) is 24.7. The largest absolute Gasteiger partial charge is 0.447 e. The number of aromatic nitrogens is 2. The van der Waals surface area contributed by atoms with E-state index in [4.69, 9.17) is 41.9 Å². The predicted molar refractivity (Wildman–Crippen MR) is 301 cm³/mol. The summed E-state index contributed by atoms with van der Waals surface area (Å²) in [6, 6.07) is 24.0. The average molecular weight is 1150 g/mol. The van der Waals surface area contributed by atoms with Gasteiger partial charge in [-0.3, -0.25) is 55.7 Å². The molecule has 4 amide bonds. The molecule has 0 bridgehead atoms. The molecule has 0 aliphatic carbocycles. The minimum Gasteiger partial charge on any atom is -0.447 e. The molecule has 3 heterocycles. The molecule has 5 rings (SSSR count). The van der Waals surface area contributed by atoms with Crippen LogP contribution in [0.2, 0.25) is 0 Å². The maximum atomic E-state index is 13.5. The lowest BCUT2D eigenvalue weighted by Gasteiger charge is -2.17. The van der Waals surface area contributed by atoms with Gasteiger partial charge in [-0.2, -0.15) is 28.5 Å². The van der Waals surface area contributed by atoms with E-state index in [-0.39, 0.29) is 73.3 Å². The molecule has 0 fully saturated rings. The van der Waals surface area contributed by atoms with E-state index in [1.54, 1.807) is 60.7 Å². The highest BCUT2D eigenvalue weighted by Crippen LogP contribution is 2.24. The first-order valence-corrected chi connectivity index (χ1v) is 29.1. The van der Waals surface area contributed by atoms with Crippen molar-refractivity contribution in [2.45, 2.75) is 51.7 Å². The third-order valence-corrected chi connectivity index (χ3v) is 16.2. The third-order valence-electron chi connectivity index (χ3n) is 8.91. The summed E-state index contributed by atoms with van der Waals surface area (Å²) in [5.41, 5.74) is 7.18. The summed E-state index contributed by atoms with van der Waals surface area (Å²) in [5, 5.41) is 55.0. The predicted octanol–water partition coefficient (Wildman–Crippen LogP) is 7.24. The molecule has 0 saturated carbocycles. The summed E-state index contributed by atoms with van der Waals surface area (Å²) in [6.45, 7) is 2.34. The molecule has 9 N–H and O–H groups in total. The Labute approximate surface area is 458 Å². The van der Waals surface area contributed by atoms with E-state index in [0.29, 0.717) is 50.9 Å². The second-order valence-corrected chi connectivity index (χ2v) is 23.4. The van der Waals surface area contributed by atoms with Crippen LogP contribution in [0.1, 0.15) is 58.4 Å². The molecule has 0 aliphatic heterocycles. The van der Waals surface area contributed by atoms with Gasteiger partial charge in [0.2, 0.25) is 24.0 Å². The molecule has 0 spiro atoms. The van der Waals surface area contributed by atoms with Crippen LogP contribution in [-0.2, 0) is 57.5 Å². The minimum atomic E-state index is -1.38. The van der Waals surface area contributed by atoms with Crippen LogP contribution in [0.15, 0.2) is 106 Å². The quantitative estimate of drug-likeness (QED) is 0.0111. The second-order valence-electron chi connectivity index (χ2n) is 14.8. The molecule has 0 aliphatic rings. The van der Waals surface area contributed by atoms with Crippen LogP contribution in [0.3, 0.4) is 0 Å². The SMILES string of the molecule is CC(=O)O[C@@H](C(=O)N=C(N)S/C(CCSCC(=N)SC(=N)NC(=O)[C@H](OC(C)=O)c1ccccc1)=N/[n+]1nc(NC(=O)Cc2cccs2)sc1CCSCC(=N)SC(=N)NC(=O)Cc1cccs1)c1ccccc1. The number of amidine groups is 3. The number of hydrogen-bond acceptors (Lipinski definition) is 22. The molecule has 3 aromatic heterocycles. The number of esters is 2. The Morgan fingerprint density at radius 3 is 1.81 bits per heavy atom. The first-order valence-electron chi connectivity index (χ1n) is 21.8. The number of amides is 4. The van der Waals surface area contributed by atoms with Crippen LogP contribution in [0.4, 0.5) is 5.13 Å². The average Bonchev–Trinajstić information content (AvgIpc) is 4.14. The van der Waals surface area contributed by atoms with Crippen molar-refractivity contribution in [2.24, 2.45) is 15.8 Å². The minimum absolute atomic E-state index is 0.0260. The van der Waals surface area contributed by atoms with Crippen LogP contribution < -0.4 is 26.5 Å². The molecular formula is C46H49N12O8S8+. The van der Waals surface area contributed by atoms with E-state index in [1.165, 1.54) is 76.2 Å². The van der Waals surface area contributed by atoms with E-state index in [1.807, 2.05) is 35.0 Å². The van der Waals surface area contributed by atoms with Crippen molar-refractivity contribution in [1.29, 1.82) is 21.6 Å². The monoisotopic (exact) mass is 1150 g/mol. The van der Waals surface area contributed by atoms with Crippen molar-refractivity contribution in [3.05, 3.63) is 122 Å². The summed E-state index contributed by atoms with van der Waals surface area (Å²) in [6.07, 6.45) is -1.88. The Hall–Kier alpha value is -6.01. The van der Waals surface area contributed by atoms with Gasteiger partial charge in [-0.25, -0.2) is 0 Å². The zero-order valence-electron chi connectivity index (χ0n) is 39.4. The van der Waals surface area contributed by atoms with Crippen LogP contribution >= 0.6 is 92.8 Å². The number of aryl methyl sites for hydroxylation is 1. The molecule has 0 radical (unpaired) electrons. The topological polar surface area (TPSA) is 320 Å². The fraction of sp³-hybridized carbons (Fsp3) is 0.261. The molecule has 388 valence electrons. The van der Waals surface area contributed by atoms with E-state index >= 15 is 0 Å². The van der Waals surface area contributed by atoms with Crippen LogP contribution in [0.25, 0.3) is 0 Å². The zero-order chi connectivity index (χ0) is 53.4. The van der Waals surface area contributed by atoms with Gasteiger partial charge in [-0.05, 0) is 75.3 Å². The number of carbonyl (C=O) groups is 6. The molecule has 5 aromatic rings. The van der Waals surface area contributed by atoms with Gasteiger partial charge in [0.05, 0.1) is 39.2 Å². The van der Waals surface area contributed by atoms with Gasteiger partial charge in [0.25, 0.3) is 16.9 Å². The molecule has 2 atom stereocenters. The number of thiophene rings is 2. The van der Waals surface area contributed by atoms with Crippen molar-refractivity contribution >= 4 is 164 Å². The third kappa shape index (κ3) is 21.5. The number of hydrogen-bond donors (Lipinski definition) is 8. The maximum absolute atomic E-state index is 13.5. The van der Waals surface area contributed by atoms with Gasteiger partial charge < -0.3 is 25.8 Å². The fourth-order valence-corrected chi connectivity index (χ4v) is 12.3. The lowest BCUT2D eigenvalue weighted by molar-refractivity contribution is -0.737. The first-order chi connectivity index (χ1) is 35.5. The van der Waals surface area contributed by atoms with Crippen molar-refractivity contribution in [3.8, 4) is 0 Å². The smallest absolute Gasteiger partial charge is 0.303 e. The van der Waals surface area contributed by atoms with E-state index < -0.39 is 36.0 Å². The van der Waals surface area contributed by atoms with Crippen molar-refractivity contribution in [1.82, 2.24) is 15.7 Å². The summed E-state index contributed by atoms with van der Waals surface area (Å²) in [5.74, 6) is -2.52. The van der Waals surface area contributed by atoms with E-state index in [0.717, 1.165) is 33.3 Å². The van der Waals surface area contributed by atoms with E-state index in [9.17, 15) is 28.8 Å². The number of thioether (sulfide) groups is 5. The highest BCUT2D eigenvalue weighted by atomic mass is 32.2. The van der Waals surface area contributed by atoms with Gasteiger partial charge in [0.15, 0.2) is 20.5 Å². The van der Waals surface area contributed by atoms with Crippen molar-refractivity contribution < 1.29 is 43.0 Å². The Morgan fingerprint density at radius 2 is 1.24 bits per heavy atom. The van der Waals surface area contributed by atoms with Gasteiger partial charge in [-0.1, -0.05) is 72.8 Å². The highest BCUT2D eigenvalue weighted by molar-refractivity contribution is 8.28. The van der Waals surface area contributed by atoms with Crippen LogP contribution in [-0.4, -0.2) is 94.3 Å². The maximum Gasteiger partial charge on any atom is 0.303 e. The van der Waals surface area contributed by atoms with Gasteiger partial charge >= 0.3 is 16.9 Å². The molecule has 28 heteroatoms. The number of nitrogens with one attached hydrogen (secondary N) is 7. The van der Waals surface area contributed by atoms with Gasteiger partial charge in [0, 0.05) is 63.5 Å². The second kappa shape index (κ2) is 31.0. The number of rotatable bonds is 22. The number of anilines is 1. The first kappa shape index (κ1) is 58.9. The Balaban J connectivity index is 1.30. The number of nitrogens with zero attached hydrogens (tertiary/aromatic N) is 4. The molecule has 74 heavy (non-hydrogen) atoms. The molecule has 0 saturated heterocycles. The summed E-state index contributed by atoms with van der Waals surface area (Å²) in [7, 11) is 0. The highest BCUT2D eigenvalue weighted by Gasteiger charge is 2.28. The van der Waals surface area contributed by atoms with Crippen LogP contribution in [0.5, 0.6) is 0 Å². The lowest BCUT2D eigenvalue weighted by Crippen LogP contribution is -2.36. The zero-order valence-corrected chi connectivity index (χ0v) is 46.0. The Bertz CT molecular complexity index is 2850. The lowest BCUT2D eigenvalue weighted by atomic mass is 10.1. The van der Waals surface area contributed by atoms with E-state index in [2.05, 4.69) is 26.0 Å². The van der Waals surface area contributed by atoms with Crippen molar-refractivity contribution in [3.63, 3.8) is 0 Å². The Morgan fingerprint density at radius 1 is 0.703 bits per heavy atom. The van der Waals surface area contributed by atoms with Crippen molar-refractivity contribution in [2.75, 3.05) is 28.3 Å². The summed E-state index contributed by atoms with van der Waals surface area (Å²) < 4.78 is 10.5. The standard InChI is InChI=1S/C46H48N12O8S8/c1-27(59)65-39(29-11-5-3-6-12-29)41(63)54-44(50)72-34(48)25-67-21-17-37(73-45(51)55-42(64)40(66-28(2)60)30-13-7-4-8-14-30)56-58-38(74-46(57-58)53-36(62)24-32-16-10-20-70-32)18-22-68-26-33(47)71-43(49)52-35(61)23-31-15-9-19-69-31/h3-16,19-20,39-40,47-48H,17-18,21-26H2,1-2H3,(H6-,49,50,51,52,53,54,55,57,61,62,63,64)/p+1/b47-33?,48-34?,56-37+/t39-,40-/m1/s1. The van der Waals surface area contributed by atoms with Crippen LogP contribution in [0, 0.1) is 21.6 Å². The fourth-order valence-electron chi connectivity index (χ4n) is 5.91. The number of benzene rings is 2. The normalized spacial score (nSPS) is 12.2.